The zero-order valence-corrected chi connectivity index (χ0v) is 13.1. The molecule has 116 valence electrons. The van der Waals surface area contributed by atoms with Crippen molar-refractivity contribution in [3.8, 4) is 11.5 Å². The zero-order chi connectivity index (χ0) is 16.2. The van der Waals surface area contributed by atoms with Gasteiger partial charge >= 0.3 is 0 Å². The Bertz CT molecular complexity index is 798. The quantitative estimate of drug-likeness (QED) is 0.849. The third kappa shape index (κ3) is 3.54. The molecule has 1 heterocycles. The minimum atomic E-state index is -0.197. The van der Waals surface area contributed by atoms with E-state index in [1.807, 2.05) is 24.3 Å². The van der Waals surface area contributed by atoms with Crippen LogP contribution in [0.25, 0.3) is 6.08 Å². The van der Waals surface area contributed by atoms with Gasteiger partial charge in [-0.1, -0.05) is 24.3 Å². The topological polar surface area (TPSA) is 70.9 Å². The van der Waals surface area contributed by atoms with Crippen molar-refractivity contribution in [1.29, 1.82) is 0 Å². The van der Waals surface area contributed by atoms with E-state index in [0.717, 1.165) is 5.56 Å². The SMILES string of the molecule is COc1ccccc1N=C1NC(=O)/C(=C/c2ccc(O)cc2)S1. The van der Waals surface area contributed by atoms with Crippen molar-refractivity contribution in [2.75, 3.05) is 7.11 Å². The van der Waals surface area contributed by atoms with Gasteiger partial charge in [-0.3, -0.25) is 4.79 Å². The number of aliphatic imine (C=N–C) groups is 1. The number of rotatable bonds is 3. The monoisotopic (exact) mass is 326 g/mol. The summed E-state index contributed by atoms with van der Waals surface area (Å²) < 4.78 is 5.25. The van der Waals surface area contributed by atoms with Gasteiger partial charge in [0.15, 0.2) is 5.17 Å². The van der Waals surface area contributed by atoms with Crippen LogP contribution in [0, 0.1) is 0 Å². The van der Waals surface area contributed by atoms with Crippen LogP contribution in [0.5, 0.6) is 11.5 Å². The Morgan fingerprint density at radius 1 is 1.17 bits per heavy atom. The molecule has 0 saturated carbocycles. The van der Waals surface area contributed by atoms with Crippen molar-refractivity contribution in [2.45, 2.75) is 0 Å². The van der Waals surface area contributed by atoms with Crippen molar-refractivity contribution in [1.82, 2.24) is 5.32 Å². The number of hydrogen-bond donors (Lipinski definition) is 2. The molecule has 2 aromatic rings. The lowest BCUT2D eigenvalue weighted by Gasteiger charge is -2.03. The molecule has 1 amide bonds. The molecule has 0 radical (unpaired) electrons. The largest absolute Gasteiger partial charge is 0.508 e. The van der Waals surface area contributed by atoms with E-state index in [1.54, 1.807) is 37.5 Å². The van der Waals surface area contributed by atoms with Gasteiger partial charge in [0.25, 0.3) is 5.91 Å². The molecule has 1 aliphatic heterocycles. The number of phenolic OH excluding ortho intramolecular Hbond substituents is 1. The summed E-state index contributed by atoms with van der Waals surface area (Å²) in [6.45, 7) is 0. The molecule has 0 atom stereocenters. The zero-order valence-electron chi connectivity index (χ0n) is 12.3. The summed E-state index contributed by atoms with van der Waals surface area (Å²) in [5, 5.41) is 12.5. The molecule has 0 bridgehead atoms. The van der Waals surface area contributed by atoms with Gasteiger partial charge in [-0.25, -0.2) is 4.99 Å². The van der Waals surface area contributed by atoms with Crippen LogP contribution in [0.3, 0.4) is 0 Å². The number of methoxy groups -OCH3 is 1. The lowest BCUT2D eigenvalue weighted by molar-refractivity contribution is -0.115. The molecule has 1 saturated heterocycles. The molecule has 0 unspecified atom stereocenters. The number of para-hydroxylation sites is 2. The summed E-state index contributed by atoms with van der Waals surface area (Å²) in [7, 11) is 1.58. The number of aromatic hydroxyl groups is 1. The Labute approximate surface area is 137 Å². The summed E-state index contributed by atoms with van der Waals surface area (Å²) >= 11 is 1.26. The minimum Gasteiger partial charge on any atom is -0.508 e. The van der Waals surface area contributed by atoms with Crippen LogP contribution in [0.15, 0.2) is 58.4 Å². The second kappa shape index (κ2) is 6.58. The number of phenols is 1. The number of amides is 1. The second-order valence-corrected chi connectivity index (χ2v) is 5.78. The molecule has 2 N–H and O–H groups in total. The van der Waals surface area contributed by atoms with Crippen molar-refractivity contribution >= 4 is 34.6 Å². The molecule has 3 rings (SSSR count). The molecule has 0 spiro atoms. The highest BCUT2D eigenvalue weighted by atomic mass is 32.2. The van der Waals surface area contributed by atoms with Gasteiger partial charge in [0.2, 0.25) is 0 Å². The molecule has 2 aromatic carbocycles. The minimum absolute atomic E-state index is 0.189. The molecule has 23 heavy (non-hydrogen) atoms. The van der Waals surface area contributed by atoms with E-state index in [-0.39, 0.29) is 11.7 Å². The summed E-state index contributed by atoms with van der Waals surface area (Å²) in [5.41, 5.74) is 1.49. The van der Waals surface area contributed by atoms with Crippen LogP contribution < -0.4 is 10.1 Å². The van der Waals surface area contributed by atoms with E-state index in [1.165, 1.54) is 11.8 Å². The smallest absolute Gasteiger partial charge is 0.264 e. The highest BCUT2D eigenvalue weighted by molar-refractivity contribution is 8.18. The van der Waals surface area contributed by atoms with Crippen LogP contribution >= 0.6 is 11.8 Å². The molecular weight excluding hydrogens is 312 g/mol. The van der Waals surface area contributed by atoms with Gasteiger partial charge in [-0.2, -0.15) is 0 Å². The number of amidine groups is 1. The number of carbonyl (C=O) groups is 1. The average Bonchev–Trinajstić information content (AvgIpc) is 2.89. The fourth-order valence-electron chi connectivity index (χ4n) is 2.03. The Morgan fingerprint density at radius 3 is 2.65 bits per heavy atom. The lowest BCUT2D eigenvalue weighted by Crippen LogP contribution is -2.19. The van der Waals surface area contributed by atoms with Gasteiger partial charge < -0.3 is 15.2 Å². The predicted octanol–water partition coefficient (Wildman–Crippen LogP) is 3.29. The Morgan fingerprint density at radius 2 is 1.91 bits per heavy atom. The molecule has 6 heteroatoms. The summed E-state index contributed by atoms with van der Waals surface area (Å²) in [4.78, 5) is 17.0. The fraction of sp³-hybridized carbons (Fsp3) is 0.0588. The fourth-order valence-corrected chi connectivity index (χ4v) is 2.87. The molecule has 1 aliphatic rings. The number of ether oxygens (including phenoxy) is 1. The van der Waals surface area contributed by atoms with Crippen LogP contribution in [0.4, 0.5) is 5.69 Å². The predicted molar refractivity (Wildman–Crippen MR) is 91.9 cm³/mol. The number of nitrogens with one attached hydrogen (secondary N) is 1. The summed E-state index contributed by atoms with van der Waals surface area (Å²) in [5.74, 6) is 0.636. The van der Waals surface area contributed by atoms with Gasteiger partial charge in [-0.15, -0.1) is 0 Å². The van der Waals surface area contributed by atoms with Crippen LogP contribution in [-0.4, -0.2) is 23.3 Å². The molecule has 5 nitrogen and oxygen atoms in total. The molecule has 1 fully saturated rings. The number of carbonyl (C=O) groups excluding carboxylic acids is 1. The van der Waals surface area contributed by atoms with E-state index < -0.39 is 0 Å². The van der Waals surface area contributed by atoms with Gasteiger partial charge in [0, 0.05) is 0 Å². The molecule has 0 aromatic heterocycles. The Balaban J connectivity index is 1.84. The first kappa shape index (κ1) is 15.2. The first-order valence-corrected chi connectivity index (χ1v) is 7.69. The standard InChI is InChI=1S/C17H14N2O3S/c1-22-14-5-3-2-4-13(14)18-17-19-16(21)15(23-17)10-11-6-8-12(20)9-7-11/h2-10,20H,1H3,(H,18,19,21)/b15-10-. The normalized spacial score (nSPS) is 17.5. The first-order valence-electron chi connectivity index (χ1n) is 6.87. The maximum Gasteiger partial charge on any atom is 0.264 e. The third-order valence-corrected chi connectivity index (χ3v) is 4.06. The van der Waals surface area contributed by atoms with E-state index in [9.17, 15) is 9.90 Å². The van der Waals surface area contributed by atoms with E-state index >= 15 is 0 Å². The Hall–Kier alpha value is -2.73. The number of nitrogens with zero attached hydrogens (tertiary/aromatic N) is 1. The highest BCUT2D eigenvalue weighted by Crippen LogP contribution is 2.31. The third-order valence-electron chi connectivity index (χ3n) is 3.15. The summed E-state index contributed by atoms with van der Waals surface area (Å²) in [6.07, 6.45) is 1.75. The van der Waals surface area contributed by atoms with E-state index in [0.29, 0.717) is 21.5 Å². The van der Waals surface area contributed by atoms with Gasteiger partial charge in [0.1, 0.15) is 17.2 Å². The van der Waals surface area contributed by atoms with Crippen LogP contribution in [-0.2, 0) is 4.79 Å². The highest BCUT2D eigenvalue weighted by Gasteiger charge is 2.24. The maximum atomic E-state index is 12.0. The number of thioether (sulfide) groups is 1. The van der Waals surface area contributed by atoms with E-state index in [4.69, 9.17) is 4.74 Å². The van der Waals surface area contributed by atoms with E-state index in [2.05, 4.69) is 10.3 Å². The van der Waals surface area contributed by atoms with Crippen LogP contribution in [0.2, 0.25) is 0 Å². The second-order valence-electron chi connectivity index (χ2n) is 4.75. The Kier molecular flexibility index (Phi) is 4.34. The molecular formula is C17H14N2O3S. The summed E-state index contributed by atoms with van der Waals surface area (Å²) in [6, 6.07) is 14.0. The van der Waals surface area contributed by atoms with Gasteiger partial charge in [-0.05, 0) is 47.7 Å². The van der Waals surface area contributed by atoms with Crippen molar-refractivity contribution in [3.63, 3.8) is 0 Å². The molecule has 0 aliphatic carbocycles. The van der Waals surface area contributed by atoms with Crippen molar-refractivity contribution in [2.24, 2.45) is 4.99 Å². The van der Waals surface area contributed by atoms with Crippen LogP contribution in [0.1, 0.15) is 5.56 Å². The van der Waals surface area contributed by atoms with Crippen molar-refractivity contribution < 1.29 is 14.6 Å². The number of hydrogen-bond acceptors (Lipinski definition) is 5. The van der Waals surface area contributed by atoms with Crippen molar-refractivity contribution in [3.05, 3.63) is 59.0 Å². The average molecular weight is 326 g/mol. The maximum absolute atomic E-state index is 12.0. The first-order chi connectivity index (χ1) is 11.2. The van der Waals surface area contributed by atoms with Gasteiger partial charge in [0.05, 0.1) is 12.0 Å². The number of benzene rings is 2. The lowest BCUT2D eigenvalue weighted by atomic mass is 10.2.